The molecular formula is C19H23N5O3. The molecule has 0 aliphatic heterocycles. The largest absolute Gasteiger partial charge is 0.333 e. The van der Waals surface area contributed by atoms with Crippen molar-refractivity contribution in [2.24, 2.45) is 5.92 Å². The number of carbonyl (C=O) groups excluding carboxylic acids is 1. The van der Waals surface area contributed by atoms with Crippen LogP contribution < -0.4 is 0 Å². The van der Waals surface area contributed by atoms with Crippen molar-refractivity contribution >= 4 is 11.6 Å². The van der Waals surface area contributed by atoms with E-state index in [0.717, 1.165) is 38.5 Å². The second kappa shape index (κ2) is 7.09. The summed E-state index contributed by atoms with van der Waals surface area (Å²) < 4.78 is 1.34. The van der Waals surface area contributed by atoms with Crippen LogP contribution in [0.1, 0.15) is 55.8 Å². The molecule has 1 amide bonds. The lowest BCUT2D eigenvalue weighted by molar-refractivity contribution is -0.384. The number of nitrogens with zero attached hydrogens (tertiary/aromatic N) is 5. The van der Waals surface area contributed by atoms with Crippen molar-refractivity contribution < 1.29 is 9.72 Å². The van der Waals surface area contributed by atoms with Gasteiger partial charge in [0.05, 0.1) is 4.92 Å². The van der Waals surface area contributed by atoms with E-state index in [9.17, 15) is 14.9 Å². The number of aromatic nitrogens is 3. The molecule has 0 N–H and O–H groups in total. The number of benzene rings is 1. The van der Waals surface area contributed by atoms with Gasteiger partial charge in [0.2, 0.25) is 0 Å². The number of hydrogen-bond acceptors (Lipinski definition) is 5. The number of rotatable bonds is 5. The number of carbonyl (C=O) groups is 1. The highest BCUT2D eigenvalue weighted by atomic mass is 16.6. The second-order valence-electron chi connectivity index (χ2n) is 7.66. The van der Waals surface area contributed by atoms with Crippen molar-refractivity contribution in [3.05, 3.63) is 46.5 Å². The molecule has 0 unspecified atom stereocenters. The summed E-state index contributed by atoms with van der Waals surface area (Å²) in [6, 6.07) is 5.14. The third-order valence-corrected chi connectivity index (χ3v) is 5.64. The van der Waals surface area contributed by atoms with Crippen LogP contribution in [-0.4, -0.2) is 42.6 Å². The SMILES string of the molecule is CC1CCC(N(C(=O)c2ccc(-n3cncn3)c([N+](=O)[O-])c2)C2CC2)CC1. The van der Waals surface area contributed by atoms with Gasteiger partial charge >= 0.3 is 0 Å². The molecule has 0 saturated heterocycles. The molecule has 1 aromatic carbocycles. The van der Waals surface area contributed by atoms with Gasteiger partial charge in [0.1, 0.15) is 18.3 Å². The minimum absolute atomic E-state index is 0.0923. The van der Waals surface area contributed by atoms with E-state index >= 15 is 0 Å². The molecule has 8 nitrogen and oxygen atoms in total. The summed E-state index contributed by atoms with van der Waals surface area (Å²) in [4.78, 5) is 30.2. The van der Waals surface area contributed by atoms with Gasteiger partial charge in [0.15, 0.2) is 0 Å². The highest BCUT2D eigenvalue weighted by Crippen LogP contribution is 2.37. The fourth-order valence-corrected chi connectivity index (χ4v) is 3.98. The van der Waals surface area contributed by atoms with Gasteiger partial charge < -0.3 is 4.90 Å². The van der Waals surface area contributed by atoms with Crippen LogP contribution in [0.4, 0.5) is 5.69 Å². The van der Waals surface area contributed by atoms with E-state index < -0.39 is 4.92 Å². The first-order valence-corrected chi connectivity index (χ1v) is 9.50. The van der Waals surface area contributed by atoms with Crippen LogP contribution in [0.5, 0.6) is 0 Å². The monoisotopic (exact) mass is 369 g/mol. The molecule has 2 aromatic rings. The zero-order valence-corrected chi connectivity index (χ0v) is 15.3. The van der Waals surface area contributed by atoms with Gasteiger partial charge in [-0.1, -0.05) is 6.92 Å². The average molecular weight is 369 g/mol. The van der Waals surface area contributed by atoms with Gasteiger partial charge in [-0.2, -0.15) is 5.10 Å². The van der Waals surface area contributed by atoms with Crippen LogP contribution in [0, 0.1) is 16.0 Å². The van der Waals surface area contributed by atoms with Gasteiger partial charge in [0, 0.05) is 23.7 Å². The normalized spacial score (nSPS) is 22.4. The van der Waals surface area contributed by atoms with E-state index in [0.29, 0.717) is 17.2 Å². The van der Waals surface area contributed by atoms with Crippen LogP contribution in [0.25, 0.3) is 5.69 Å². The first kappa shape index (κ1) is 17.6. The highest BCUT2D eigenvalue weighted by molar-refractivity contribution is 5.96. The minimum Gasteiger partial charge on any atom is -0.333 e. The molecule has 2 aliphatic carbocycles. The van der Waals surface area contributed by atoms with Crippen LogP contribution in [0.2, 0.25) is 0 Å². The van der Waals surface area contributed by atoms with E-state index in [4.69, 9.17) is 0 Å². The van der Waals surface area contributed by atoms with Crippen LogP contribution in [-0.2, 0) is 0 Å². The second-order valence-corrected chi connectivity index (χ2v) is 7.66. The molecule has 1 aromatic heterocycles. The van der Waals surface area contributed by atoms with E-state index in [2.05, 4.69) is 17.0 Å². The van der Waals surface area contributed by atoms with Crippen LogP contribution in [0.3, 0.4) is 0 Å². The van der Waals surface area contributed by atoms with E-state index in [1.54, 1.807) is 12.1 Å². The Labute approximate surface area is 157 Å². The van der Waals surface area contributed by atoms with Gasteiger partial charge in [-0.25, -0.2) is 9.67 Å². The summed E-state index contributed by atoms with van der Waals surface area (Å²) in [6.45, 7) is 2.26. The average Bonchev–Trinajstić information content (AvgIpc) is 3.34. The number of nitro groups is 1. The third-order valence-electron chi connectivity index (χ3n) is 5.64. The van der Waals surface area contributed by atoms with E-state index in [1.165, 1.54) is 23.4 Å². The molecule has 8 heteroatoms. The van der Waals surface area contributed by atoms with Crippen molar-refractivity contribution in [2.45, 2.75) is 57.5 Å². The Morgan fingerprint density at radius 2 is 1.85 bits per heavy atom. The summed E-state index contributed by atoms with van der Waals surface area (Å²) >= 11 is 0. The lowest BCUT2D eigenvalue weighted by atomic mass is 9.86. The number of amides is 1. The number of nitro benzene ring substituents is 1. The Bertz CT molecular complexity index is 839. The van der Waals surface area contributed by atoms with E-state index in [1.807, 2.05) is 4.90 Å². The lowest BCUT2D eigenvalue weighted by Crippen LogP contribution is -2.43. The molecule has 0 spiro atoms. The molecule has 2 saturated carbocycles. The van der Waals surface area contributed by atoms with Gasteiger partial charge in [-0.15, -0.1) is 0 Å². The minimum atomic E-state index is -0.475. The zero-order chi connectivity index (χ0) is 19.0. The molecule has 1 heterocycles. The Morgan fingerprint density at radius 1 is 1.19 bits per heavy atom. The fourth-order valence-electron chi connectivity index (χ4n) is 3.98. The van der Waals surface area contributed by atoms with E-state index in [-0.39, 0.29) is 23.7 Å². The maximum Gasteiger partial charge on any atom is 0.295 e. The van der Waals surface area contributed by atoms with Gasteiger partial charge in [-0.3, -0.25) is 14.9 Å². The Morgan fingerprint density at radius 3 is 2.41 bits per heavy atom. The lowest BCUT2D eigenvalue weighted by Gasteiger charge is -2.36. The van der Waals surface area contributed by atoms with Crippen molar-refractivity contribution in [1.82, 2.24) is 19.7 Å². The highest BCUT2D eigenvalue weighted by Gasteiger charge is 2.39. The van der Waals surface area contributed by atoms with Crippen molar-refractivity contribution in [2.75, 3.05) is 0 Å². The topological polar surface area (TPSA) is 94.2 Å². The molecular weight excluding hydrogens is 346 g/mol. The Balaban J connectivity index is 1.64. The maximum atomic E-state index is 13.2. The van der Waals surface area contributed by atoms with Gasteiger partial charge in [0.25, 0.3) is 11.6 Å². The predicted octanol–water partition coefficient (Wildman–Crippen LogP) is 3.36. The van der Waals surface area contributed by atoms with Crippen LogP contribution in [0.15, 0.2) is 30.9 Å². The molecule has 2 fully saturated rings. The Kier molecular flexibility index (Phi) is 4.63. The predicted molar refractivity (Wildman–Crippen MR) is 98.6 cm³/mol. The van der Waals surface area contributed by atoms with Crippen molar-refractivity contribution in [3.8, 4) is 5.69 Å². The summed E-state index contributed by atoms with van der Waals surface area (Å²) in [6.07, 6.45) is 9.07. The molecule has 2 aliphatic rings. The fraction of sp³-hybridized carbons (Fsp3) is 0.526. The number of hydrogen-bond donors (Lipinski definition) is 0. The Hall–Kier alpha value is -2.77. The van der Waals surface area contributed by atoms with Gasteiger partial charge in [-0.05, 0) is 56.6 Å². The third kappa shape index (κ3) is 3.56. The first-order chi connectivity index (χ1) is 13.0. The summed E-state index contributed by atoms with van der Waals surface area (Å²) in [7, 11) is 0. The summed E-state index contributed by atoms with van der Waals surface area (Å²) in [5.41, 5.74) is 0.536. The standard InChI is InChI=1S/C19H23N5O3/c1-13-2-5-15(6-3-13)23(16-7-8-16)19(25)14-4-9-17(18(10-14)24(26)27)22-12-20-11-21-22/h4,9-13,15-16H,2-3,5-8H2,1H3. The molecule has 0 atom stereocenters. The molecule has 4 rings (SSSR count). The smallest absolute Gasteiger partial charge is 0.295 e. The molecule has 27 heavy (non-hydrogen) atoms. The van der Waals surface area contributed by atoms with Crippen molar-refractivity contribution in [1.29, 1.82) is 0 Å². The zero-order valence-electron chi connectivity index (χ0n) is 15.3. The molecule has 142 valence electrons. The first-order valence-electron chi connectivity index (χ1n) is 9.50. The quantitative estimate of drug-likeness (QED) is 0.595. The molecule has 0 radical (unpaired) electrons. The maximum absolute atomic E-state index is 13.2. The van der Waals surface area contributed by atoms with Crippen LogP contribution >= 0.6 is 0 Å². The van der Waals surface area contributed by atoms with Crippen molar-refractivity contribution in [3.63, 3.8) is 0 Å². The summed E-state index contributed by atoms with van der Waals surface area (Å²) in [5, 5.41) is 15.5. The summed E-state index contributed by atoms with van der Waals surface area (Å²) in [5.74, 6) is 0.616. The molecule has 0 bridgehead atoms.